The Labute approximate surface area is 60.1 Å². The Morgan fingerprint density at radius 2 is 1.14 bits per heavy atom. The molecule has 3 N–H and O–H groups in total. The summed E-state index contributed by atoms with van der Waals surface area (Å²) in [6, 6.07) is 0. The summed E-state index contributed by atoms with van der Waals surface area (Å²) < 4.78 is 8.88. The van der Waals surface area contributed by atoms with Gasteiger partial charge in [0.05, 0.1) is 0 Å². The number of rotatable bonds is 0. The SMILES string of the molecule is O=P(O)(O)O.[SiH4].[Ti]. The summed E-state index contributed by atoms with van der Waals surface area (Å²) in [5.41, 5.74) is 0. The van der Waals surface area contributed by atoms with Crippen LogP contribution in [0.4, 0.5) is 0 Å². The second kappa shape index (κ2) is 5.18. The van der Waals surface area contributed by atoms with Gasteiger partial charge in [0.1, 0.15) is 0 Å². The van der Waals surface area contributed by atoms with Crippen molar-refractivity contribution in [3.8, 4) is 0 Å². The maximum atomic E-state index is 8.88. The topological polar surface area (TPSA) is 77.8 Å². The molecule has 0 aromatic heterocycles. The van der Waals surface area contributed by atoms with Crippen molar-refractivity contribution in [2.45, 2.75) is 0 Å². The first kappa shape index (κ1) is 15.7. The van der Waals surface area contributed by atoms with E-state index in [1.807, 2.05) is 0 Å². The second-order valence-corrected chi connectivity index (χ2v) is 1.54. The van der Waals surface area contributed by atoms with Gasteiger partial charge in [-0.2, -0.15) is 0 Å². The first-order chi connectivity index (χ1) is 2.00. The molecule has 4 nitrogen and oxygen atoms in total. The van der Waals surface area contributed by atoms with Crippen molar-refractivity contribution in [1.29, 1.82) is 0 Å². The molecule has 0 bridgehead atoms. The predicted molar refractivity (Wildman–Crippen MR) is 25.6 cm³/mol. The Balaban J connectivity index is -0.0000000800. The van der Waals surface area contributed by atoms with E-state index in [0.29, 0.717) is 0 Å². The van der Waals surface area contributed by atoms with Crippen LogP contribution in [0.2, 0.25) is 0 Å². The van der Waals surface area contributed by atoms with Gasteiger partial charge in [0.25, 0.3) is 0 Å². The fraction of sp³-hybridized carbons (Fsp3) is 0. The molecule has 44 valence electrons. The van der Waals surface area contributed by atoms with Gasteiger partial charge in [-0.05, 0) is 11.0 Å². The van der Waals surface area contributed by atoms with Crippen LogP contribution in [0.1, 0.15) is 0 Å². The van der Waals surface area contributed by atoms with Gasteiger partial charge in [-0.1, -0.05) is 0 Å². The van der Waals surface area contributed by atoms with Crippen molar-refractivity contribution in [3.05, 3.63) is 0 Å². The summed E-state index contributed by atoms with van der Waals surface area (Å²) in [5.74, 6) is 0. The molecule has 7 heteroatoms. The maximum Gasteiger partial charge on any atom is 0.466 e. The van der Waals surface area contributed by atoms with Gasteiger partial charge in [-0.3, -0.25) is 0 Å². The summed E-state index contributed by atoms with van der Waals surface area (Å²) >= 11 is 0. The molecule has 0 saturated heterocycles. The van der Waals surface area contributed by atoms with Crippen molar-refractivity contribution in [2.24, 2.45) is 0 Å². The fourth-order valence-electron chi connectivity index (χ4n) is 0. The quantitative estimate of drug-likeness (QED) is 0.286. The van der Waals surface area contributed by atoms with Crippen molar-refractivity contribution >= 4 is 18.8 Å². The molecular weight excluding hydrogens is 171 g/mol. The maximum absolute atomic E-state index is 8.88. The zero-order chi connectivity index (χ0) is 4.50. The summed E-state index contributed by atoms with van der Waals surface area (Å²) in [5, 5.41) is 0. The molecule has 0 saturated carbocycles. The summed E-state index contributed by atoms with van der Waals surface area (Å²) in [6.45, 7) is 0. The average Bonchev–Trinajstić information content (AvgIpc) is 0.722. The van der Waals surface area contributed by atoms with Crippen LogP contribution >= 0.6 is 7.82 Å². The normalized spacial score (nSPS) is 8.43. The molecule has 0 aliphatic heterocycles. The van der Waals surface area contributed by atoms with Crippen LogP contribution in [0.3, 0.4) is 0 Å². The molecule has 0 radical (unpaired) electrons. The third kappa shape index (κ3) is 165. The van der Waals surface area contributed by atoms with E-state index in [-0.39, 0.29) is 32.7 Å². The monoisotopic (exact) mass is 178 g/mol. The molecule has 0 spiro atoms. The minimum atomic E-state index is -4.64. The molecule has 0 atom stereocenters. The van der Waals surface area contributed by atoms with Gasteiger partial charge in [0.15, 0.2) is 0 Å². The smallest absolute Gasteiger partial charge is 0.303 e. The Morgan fingerprint density at radius 1 is 1.14 bits per heavy atom. The van der Waals surface area contributed by atoms with E-state index < -0.39 is 7.82 Å². The Bertz CT molecular complexity index is 57.8. The molecule has 0 heterocycles. The number of hydrogen-bond donors (Lipinski definition) is 3. The van der Waals surface area contributed by atoms with E-state index in [4.69, 9.17) is 19.2 Å². The van der Waals surface area contributed by atoms with E-state index in [1.54, 1.807) is 0 Å². The van der Waals surface area contributed by atoms with Gasteiger partial charge < -0.3 is 14.7 Å². The Kier molecular flexibility index (Phi) is 11.6. The summed E-state index contributed by atoms with van der Waals surface area (Å²) in [7, 11) is -4.64. The van der Waals surface area contributed by atoms with E-state index in [2.05, 4.69) is 0 Å². The third-order valence-electron chi connectivity index (χ3n) is 0. The van der Waals surface area contributed by atoms with Crippen LogP contribution in [0.5, 0.6) is 0 Å². The Morgan fingerprint density at radius 3 is 1.14 bits per heavy atom. The third-order valence-corrected chi connectivity index (χ3v) is 0. The summed E-state index contributed by atoms with van der Waals surface area (Å²) in [4.78, 5) is 21.6. The zero-order valence-electron chi connectivity index (χ0n) is 2.70. The molecule has 0 aliphatic carbocycles. The number of hydrogen-bond acceptors (Lipinski definition) is 1. The van der Waals surface area contributed by atoms with Gasteiger partial charge in [0, 0.05) is 21.7 Å². The van der Waals surface area contributed by atoms with Gasteiger partial charge >= 0.3 is 7.82 Å². The van der Waals surface area contributed by atoms with E-state index in [0.717, 1.165) is 0 Å². The first-order valence-electron chi connectivity index (χ1n) is 0.783. The van der Waals surface area contributed by atoms with Crippen LogP contribution in [0, 0.1) is 0 Å². The van der Waals surface area contributed by atoms with Crippen LogP contribution in [0.15, 0.2) is 0 Å². The number of phosphoric acid groups is 1. The van der Waals surface area contributed by atoms with Crippen LogP contribution < -0.4 is 0 Å². The molecule has 0 aromatic carbocycles. The zero-order valence-corrected chi connectivity index (χ0v) is 5.15. The minimum absolute atomic E-state index is 0. The Hall–Kier alpha value is 1.04. The molecule has 0 aromatic rings. The first-order valence-corrected chi connectivity index (χ1v) is 2.35. The average molecular weight is 178 g/mol. The van der Waals surface area contributed by atoms with Crippen molar-refractivity contribution in [1.82, 2.24) is 0 Å². The van der Waals surface area contributed by atoms with Gasteiger partial charge in [0.2, 0.25) is 0 Å². The fourth-order valence-corrected chi connectivity index (χ4v) is 0. The largest absolute Gasteiger partial charge is 0.466 e. The van der Waals surface area contributed by atoms with Crippen LogP contribution in [-0.4, -0.2) is 25.6 Å². The minimum Gasteiger partial charge on any atom is -0.303 e. The van der Waals surface area contributed by atoms with E-state index in [1.165, 1.54) is 0 Å². The molecule has 0 amide bonds. The predicted octanol–water partition coefficient (Wildman–Crippen LogP) is -2.38. The van der Waals surface area contributed by atoms with Crippen molar-refractivity contribution in [2.75, 3.05) is 0 Å². The van der Waals surface area contributed by atoms with Gasteiger partial charge in [-0.25, -0.2) is 4.57 Å². The second-order valence-electron chi connectivity index (χ2n) is 0.513. The molecular formula is H7O4PSiTi. The standard InChI is InChI=1S/H3O4P.H4Si.Ti/c1-5(2,3)4;;/h(H3,1,2,3,4);1H4;. The molecule has 0 unspecified atom stereocenters. The van der Waals surface area contributed by atoms with E-state index >= 15 is 0 Å². The molecule has 7 heavy (non-hydrogen) atoms. The molecule has 0 aliphatic rings. The molecule has 0 rings (SSSR count). The van der Waals surface area contributed by atoms with Gasteiger partial charge in [-0.15, -0.1) is 0 Å². The van der Waals surface area contributed by atoms with Crippen molar-refractivity contribution in [3.63, 3.8) is 0 Å². The van der Waals surface area contributed by atoms with Crippen molar-refractivity contribution < 1.29 is 41.0 Å². The summed E-state index contributed by atoms with van der Waals surface area (Å²) in [6.07, 6.45) is 0. The van der Waals surface area contributed by atoms with E-state index in [9.17, 15) is 0 Å². The van der Waals surface area contributed by atoms with Crippen LogP contribution in [-0.2, 0) is 26.3 Å². The van der Waals surface area contributed by atoms with Crippen LogP contribution in [0.25, 0.3) is 0 Å². The molecule has 0 fully saturated rings.